The molecule has 2 fully saturated rings. The largest absolute Gasteiger partial charge is 0.497 e. The maximum atomic E-state index is 14.5. The lowest BCUT2D eigenvalue weighted by molar-refractivity contribution is 0.142. The minimum atomic E-state index is -0.341. The Kier molecular flexibility index (Phi) is 34.3. The highest BCUT2D eigenvalue weighted by Crippen LogP contribution is 2.41. The van der Waals surface area contributed by atoms with Gasteiger partial charge in [-0.25, -0.2) is 29.3 Å². The molecule has 17 aromatic rings. The van der Waals surface area contributed by atoms with Gasteiger partial charge in [0.2, 0.25) is 0 Å². The highest BCUT2D eigenvalue weighted by molar-refractivity contribution is 7.59. The number of fused-ring (bicyclic) bond motifs is 4. The zero-order chi connectivity index (χ0) is 99.3. The fourth-order valence-electron chi connectivity index (χ4n) is 17.6. The van der Waals surface area contributed by atoms with Gasteiger partial charge < -0.3 is 67.8 Å². The number of aromatic nitrogens is 18. The van der Waals surface area contributed by atoms with Gasteiger partial charge in [-0.2, -0.15) is 39.2 Å². The van der Waals surface area contributed by atoms with E-state index in [2.05, 4.69) is 130 Å². The second kappa shape index (κ2) is 48.2. The highest BCUT2D eigenvalue weighted by atomic mass is 32.1. The third-order valence-corrected chi connectivity index (χ3v) is 24.8. The van der Waals surface area contributed by atoms with Crippen molar-refractivity contribution in [1.29, 1.82) is 5.26 Å². The van der Waals surface area contributed by atoms with Gasteiger partial charge in [0.15, 0.2) is 0 Å². The number of hydrogen-bond donors (Lipinski definition) is 1. The van der Waals surface area contributed by atoms with Crippen molar-refractivity contribution < 1.29 is 42.3 Å². The maximum absolute atomic E-state index is 14.5. The first-order valence-electron chi connectivity index (χ1n) is 47.4. The molecule has 1 atom stereocenters. The normalized spacial score (nSPS) is 13.1. The lowest BCUT2D eigenvalue weighted by Gasteiger charge is -2.30. The van der Waals surface area contributed by atoms with Crippen molar-refractivity contribution in [2.45, 2.75) is 78.9 Å². The Hall–Kier alpha value is -15.4. The number of methoxy groups -OCH3 is 7. The lowest BCUT2D eigenvalue weighted by Crippen LogP contribution is -2.36. The molecule has 143 heavy (non-hydrogen) atoms. The molecule has 0 saturated carbocycles. The van der Waals surface area contributed by atoms with Gasteiger partial charge in [-0.1, -0.05) is 13.8 Å². The van der Waals surface area contributed by atoms with Gasteiger partial charge in [-0.3, -0.25) is 48.5 Å². The molecule has 0 amide bonds. The molecule has 34 nitrogen and oxygen atoms in total. The number of hydrogen-bond acceptors (Lipinski definition) is 29. The van der Waals surface area contributed by atoms with Crippen molar-refractivity contribution in [2.24, 2.45) is 32.8 Å². The number of nitriles is 1. The van der Waals surface area contributed by atoms with Crippen LogP contribution in [-0.4, -0.2) is 233 Å². The Morgan fingerprint density at radius 1 is 0.420 bits per heavy atom. The van der Waals surface area contributed by atoms with E-state index in [0.717, 1.165) is 267 Å². The van der Waals surface area contributed by atoms with E-state index in [4.69, 9.17) is 63.6 Å². The Morgan fingerprint density at radius 3 is 1.20 bits per heavy atom. The van der Waals surface area contributed by atoms with E-state index in [9.17, 15) is 9.65 Å². The first-order valence-corrected chi connectivity index (χ1v) is 47.4. The summed E-state index contributed by atoms with van der Waals surface area (Å²) in [4.78, 5) is 56.1. The van der Waals surface area contributed by atoms with Gasteiger partial charge >= 0.3 is 0 Å². The second-order valence-corrected chi connectivity index (χ2v) is 35.2. The van der Waals surface area contributed by atoms with Crippen LogP contribution in [0.25, 0.3) is 89.2 Å². The quantitative estimate of drug-likeness (QED) is 0.0391. The lowest BCUT2D eigenvalue weighted by atomic mass is 10.1. The Labute approximate surface area is 838 Å². The summed E-state index contributed by atoms with van der Waals surface area (Å²) in [7, 11) is 17.1. The Balaban J connectivity index is 0.000000143. The van der Waals surface area contributed by atoms with E-state index < -0.39 is 0 Å². The molecule has 11 heterocycles. The standard InChI is InChI=1S/2C28H31N7O2.C26H29FN6O2.C25H30N6O2.H2S/c1-19-17-34(20(2)31-19)9-6-10-35(23-11-24(36-4)14-25(12-23)37-5)22-7-8-26-27(13-22)32-28(16-29-26)21-15-30-33(3)18-21;1-33-19-20(17-31-33)28-18-30-26-7-6-22(15-27(26)32-28)35(12-11-34-10-4-5-21(34)8-9-29)23-13-24(36-2)16-25(14-23)37-3;1-31-18-19(16-29-31)26-17-28-24-5-4-21(15-25(24)30-26)33(8-7-32-6-3-10-35-11-9-32)22-12-20(27)13-23(14-22)34-2;1-17(2)15-30-16-18(13-28-30)25-14-27-23-6-5-19(11-24(23)29-25)31(8-7-26)20-9-21(32-3)12-22(10-20)33-4;/h7-8,11-18H,6,9-10H2,1-5H3;6-7,13-19,21H,4-5,8,10-12H2,1-3H3;4-5,12-18H,3,6-11H2,1-2H3;5-6,9-14,16-17H,7-8,15,26H2,1-4H3;1H2/t;21-;;;/m.0.../s1. The van der Waals surface area contributed by atoms with Crippen molar-refractivity contribution >= 4 is 103 Å². The first-order chi connectivity index (χ1) is 69.1. The molecular formula is C107H123FN26O8S. The van der Waals surface area contributed by atoms with Crippen molar-refractivity contribution in [2.75, 3.05) is 148 Å². The smallest absolute Gasteiger partial charge is 0.128 e. The third kappa shape index (κ3) is 25.9. The molecule has 8 aromatic carbocycles. The van der Waals surface area contributed by atoms with Crippen LogP contribution in [0.3, 0.4) is 0 Å². The summed E-state index contributed by atoms with van der Waals surface area (Å²) in [6.45, 7) is 19.5. The van der Waals surface area contributed by atoms with Crippen LogP contribution in [0.2, 0.25) is 0 Å². The number of ether oxygens (including phenoxy) is 8. The summed E-state index contributed by atoms with van der Waals surface area (Å²) < 4.78 is 68.0. The Morgan fingerprint density at radius 2 is 0.811 bits per heavy atom. The molecule has 2 aliphatic heterocycles. The molecule has 2 aliphatic rings. The molecule has 0 radical (unpaired) electrons. The third-order valence-electron chi connectivity index (χ3n) is 24.8. The number of imidazole rings is 1. The number of nitrogens with zero attached hydrogens (tertiary/aromatic N) is 25. The number of rotatable bonds is 34. The van der Waals surface area contributed by atoms with Gasteiger partial charge in [-0.15, -0.1) is 0 Å². The van der Waals surface area contributed by atoms with Gasteiger partial charge in [0.25, 0.3) is 0 Å². The SMILES string of the molecule is COc1cc(F)cc(N(CCN2CCCOCC2)c2ccc3ncc(-c4cnn(C)c4)nc3c2)c1.COc1cc(OC)cc(N(CCCn2cc(C)nc2C)c2ccc3ncc(-c4cnn(C)c4)nc3c2)c1.COc1cc(OC)cc(N(CCN)c2ccc3ncc(-c4cnn(CC(C)C)c4)nc3c2)c1.COc1cc(OC)cc(N(CCN2CCC[C@H]2CC#N)c2ccc3ncc(-c4cnn(C)c4)nc3c2)c1.S. The molecule has 9 aromatic heterocycles. The molecule has 2 saturated heterocycles. The van der Waals surface area contributed by atoms with Gasteiger partial charge in [0.1, 0.15) is 51.9 Å². The number of likely N-dealkylation sites (tertiary alicyclic amines) is 1. The van der Waals surface area contributed by atoms with Crippen LogP contribution in [0.5, 0.6) is 40.2 Å². The first kappa shape index (κ1) is 102. The molecule has 742 valence electrons. The second-order valence-electron chi connectivity index (χ2n) is 35.2. The van der Waals surface area contributed by atoms with Crippen LogP contribution in [0.4, 0.5) is 49.9 Å². The van der Waals surface area contributed by atoms with E-state index >= 15 is 0 Å². The van der Waals surface area contributed by atoms with Crippen LogP contribution in [0.15, 0.2) is 226 Å². The van der Waals surface area contributed by atoms with E-state index in [0.29, 0.717) is 55.3 Å². The van der Waals surface area contributed by atoms with Crippen molar-refractivity contribution in [1.82, 2.24) is 98.3 Å². The van der Waals surface area contributed by atoms with Crippen LogP contribution in [0, 0.1) is 36.9 Å². The molecule has 0 bridgehead atoms. The molecule has 2 N–H and O–H groups in total. The number of anilines is 8. The van der Waals surface area contributed by atoms with E-state index in [1.807, 2.05) is 180 Å². The molecular weight excluding hydrogens is 1830 g/mol. The minimum Gasteiger partial charge on any atom is -0.497 e. The molecule has 0 aliphatic carbocycles. The minimum absolute atomic E-state index is 0. The summed E-state index contributed by atoms with van der Waals surface area (Å²) in [6.07, 6.45) is 28.9. The summed E-state index contributed by atoms with van der Waals surface area (Å²) in [5.41, 5.74) is 27.8. The zero-order valence-electron chi connectivity index (χ0n) is 83.4. The average molecular weight is 1950 g/mol. The van der Waals surface area contributed by atoms with E-state index in [1.54, 1.807) is 107 Å². The molecule has 19 rings (SSSR count). The summed E-state index contributed by atoms with van der Waals surface area (Å²) in [5, 5.41) is 26.5. The summed E-state index contributed by atoms with van der Waals surface area (Å²) in [5.74, 6) is 6.03. The molecule has 0 unspecified atom stereocenters. The molecule has 0 spiro atoms. The fourth-order valence-corrected chi connectivity index (χ4v) is 17.6. The van der Waals surface area contributed by atoms with Crippen LogP contribution >= 0.6 is 13.5 Å². The number of benzene rings is 8. The predicted molar refractivity (Wildman–Crippen MR) is 563 cm³/mol. The fraction of sp³-hybridized carbons (Fsp3) is 0.327. The number of aryl methyl sites for hydroxylation is 6. The molecule has 36 heteroatoms. The maximum Gasteiger partial charge on any atom is 0.128 e. The zero-order valence-corrected chi connectivity index (χ0v) is 84.4. The predicted octanol–water partition coefficient (Wildman–Crippen LogP) is 18.1. The van der Waals surface area contributed by atoms with Crippen LogP contribution < -0.4 is 58.5 Å². The van der Waals surface area contributed by atoms with Gasteiger partial charge in [0.05, 0.1) is 191 Å². The van der Waals surface area contributed by atoms with Crippen molar-refractivity contribution in [3.05, 3.63) is 243 Å². The van der Waals surface area contributed by atoms with Gasteiger partial charge in [-0.05, 0) is 131 Å². The van der Waals surface area contributed by atoms with E-state index in [1.165, 1.54) is 12.1 Å². The van der Waals surface area contributed by atoms with E-state index in [-0.39, 0.29) is 19.3 Å². The highest BCUT2D eigenvalue weighted by Gasteiger charge is 2.27. The van der Waals surface area contributed by atoms with Crippen molar-refractivity contribution in [3.8, 4) is 91.3 Å². The summed E-state index contributed by atoms with van der Waals surface area (Å²) in [6, 6.07) is 49.4. The number of halogens is 1. The van der Waals surface area contributed by atoms with Crippen molar-refractivity contribution in [3.63, 3.8) is 0 Å². The monoisotopic (exact) mass is 1950 g/mol. The average Bonchev–Trinajstić information content (AvgIpc) is 1.75. The van der Waals surface area contributed by atoms with Crippen LogP contribution in [0.1, 0.15) is 57.5 Å². The summed E-state index contributed by atoms with van der Waals surface area (Å²) >= 11 is 0. The topological polar surface area (TPSA) is 335 Å². The number of nitrogens with two attached hydrogens (primary N) is 1. The Bertz CT molecular complexity index is 7130. The van der Waals surface area contributed by atoms with Gasteiger partial charge in [0, 0.05) is 271 Å². The van der Waals surface area contributed by atoms with Crippen LogP contribution in [-0.2, 0) is 39.0 Å².